The molecular formula is C27H34F3N5. The van der Waals surface area contributed by atoms with Crippen molar-refractivity contribution in [1.29, 1.82) is 0 Å². The van der Waals surface area contributed by atoms with Gasteiger partial charge in [-0.05, 0) is 63.1 Å². The van der Waals surface area contributed by atoms with Crippen LogP contribution in [-0.2, 0) is 0 Å². The summed E-state index contributed by atoms with van der Waals surface area (Å²) in [6.45, 7) is 15.8. The molecule has 3 N–H and O–H groups in total. The Balaban J connectivity index is 2.50. The summed E-state index contributed by atoms with van der Waals surface area (Å²) in [5, 5.41) is 3.23. The fourth-order valence-corrected chi connectivity index (χ4v) is 3.58. The zero-order valence-electron chi connectivity index (χ0n) is 20.8. The molecule has 0 aliphatic rings. The molecule has 188 valence electrons. The number of rotatable bonds is 11. The van der Waals surface area contributed by atoms with Crippen LogP contribution in [-0.4, -0.2) is 22.7 Å². The second kappa shape index (κ2) is 12.2. The fourth-order valence-electron chi connectivity index (χ4n) is 3.58. The van der Waals surface area contributed by atoms with Crippen molar-refractivity contribution in [2.45, 2.75) is 53.1 Å². The molecule has 0 spiro atoms. The quantitative estimate of drug-likeness (QED) is 0.258. The summed E-state index contributed by atoms with van der Waals surface area (Å²) in [6, 6.07) is 7.10. The average Bonchev–Trinajstić information content (AvgIpc) is 2.77. The first-order valence-electron chi connectivity index (χ1n) is 11.5. The summed E-state index contributed by atoms with van der Waals surface area (Å²) in [5.41, 5.74) is 8.37. The molecule has 35 heavy (non-hydrogen) atoms. The number of nitrogens with two attached hydrogens (primary N) is 1. The molecule has 2 rings (SSSR count). The Kier molecular flexibility index (Phi) is 9.68. The highest BCUT2D eigenvalue weighted by Gasteiger charge is 2.31. The van der Waals surface area contributed by atoms with Gasteiger partial charge < -0.3 is 16.0 Å². The second-order valence-electron chi connectivity index (χ2n) is 8.26. The molecule has 2 aromatic heterocycles. The molecule has 0 aliphatic heterocycles. The number of unbranched alkanes of at least 4 members (excludes halogenated alkanes) is 2. The van der Waals surface area contributed by atoms with E-state index in [1.807, 2.05) is 30.9 Å². The van der Waals surface area contributed by atoms with Crippen molar-refractivity contribution in [3.8, 4) is 0 Å². The summed E-state index contributed by atoms with van der Waals surface area (Å²) in [6.07, 6.45) is 1.77. The van der Waals surface area contributed by atoms with E-state index < -0.39 is 11.7 Å². The molecule has 2 aromatic rings. The lowest BCUT2D eigenvalue weighted by Gasteiger charge is -2.28. The van der Waals surface area contributed by atoms with Gasteiger partial charge in [-0.2, -0.15) is 13.2 Å². The standard InChI is InChI=1S/C27H34F3N5/c1-7-10-11-14-35(20(6)33-25-16-18(4)15-19(5)32-25)26-23(31)12-13-24(34-26)21(8-2)17-22(9-3)27(28,29)30/h8-9,12-13,15-17H,2,6-7,10-11,14,31H2,1,3-5H3,(H,32,33)/b21-17+,22-9+. The Bertz CT molecular complexity index is 1100. The molecule has 0 saturated heterocycles. The lowest BCUT2D eigenvalue weighted by Crippen LogP contribution is -2.29. The summed E-state index contributed by atoms with van der Waals surface area (Å²) < 4.78 is 40.0. The van der Waals surface area contributed by atoms with Crippen LogP contribution in [0.5, 0.6) is 0 Å². The Morgan fingerprint density at radius 1 is 1.17 bits per heavy atom. The van der Waals surface area contributed by atoms with Crippen molar-refractivity contribution in [1.82, 2.24) is 9.97 Å². The van der Waals surface area contributed by atoms with Gasteiger partial charge in [-0.25, -0.2) is 9.97 Å². The molecule has 0 aliphatic carbocycles. The minimum Gasteiger partial charge on any atom is -0.396 e. The Hall–Kier alpha value is -3.55. The molecule has 0 atom stereocenters. The van der Waals surface area contributed by atoms with Gasteiger partial charge in [0.05, 0.1) is 17.0 Å². The number of aromatic nitrogens is 2. The summed E-state index contributed by atoms with van der Waals surface area (Å²) >= 11 is 0. The molecule has 0 fully saturated rings. The Morgan fingerprint density at radius 2 is 1.89 bits per heavy atom. The number of aryl methyl sites for hydroxylation is 2. The van der Waals surface area contributed by atoms with Crippen LogP contribution in [0.3, 0.4) is 0 Å². The topological polar surface area (TPSA) is 67.1 Å². The number of nitrogen functional groups attached to an aromatic ring is 1. The van der Waals surface area contributed by atoms with Gasteiger partial charge in [0.15, 0.2) is 5.82 Å². The van der Waals surface area contributed by atoms with Crippen LogP contribution < -0.4 is 16.0 Å². The zero-order valence-corrected chi connectivity index (χ0v) is 20.8. The van der Waals surface area contributed by atoms with Gasteiger partial charge in [0, 0.05) is 17.8 Å². The van der Waals surface area contributed by atoms with Crippen molar-refractivity contribution in [3.63, 3.8) is 0 Å². The van der Waals surface area contributed by atoms with Gasteiger partial charge in [0.25, 0.3) is 0 Å². The van der Waals surface area contributed by atoms with Crippen LogP contribution in [0.25, 0.3) is 5.57 Å². The number of pyridine rings is 2. The lowest BCUT2D eigenvalue weighted by molar-refractivity contribution is -0.0882. The highest BCUT2D eigenvalue weighted by molar-refractivity contribution is 5.77. The van der Waals surface area contributed by atoms with Gasteiger partial charge >= 0.3 is 6.18 Å². The van der Waals surface area contributed by atoms with Gasteiger partial charge in [-0.1, -0.05) is 45.1 Å². The van der Waals surface area contributed by atoms with Crippen molar-refractivity contribution in [2.75, 3.05) is 22.5 Å². The maximum atomic E-state index is 13.3. The third kappa shape index (κ3) is 7.73. The monoisotopic (exact) mass is 485 g/mol. The van der Waals surface area contributed by atoms with Gasteiger partial charge in [0.1, 0.15) is 11.6 Å². The minimum atomic E-state index is -4.48. The molecule has 2 heterocycles. The van der Waals surface area contributed by atoms with E-state index in [-0.39, 0.29) is 5.57 Å². The summed E-state index contributed by atoms with van der Waals surface area (Å²) in [4.78, 5) is 11.0. The highest BCUT2D eigenvalue weighted by Crippen LogP contribution is 2.32. The molecule has 0 amide bonds. The van der Waals surface area contributed by atoms with Crippen LogP contribution in [0.15, 0.2) is 67.0 Å². The number of allylic oxidation sites excluding steroid dienone is 5. The summed E-state index contributed by atoms with van der Waals surface area (Å²) in [5.74, 6) is 1.56. The number of nitrogens with one attached hydrogen (secondary N) is 1. The smallest absolute Gasteiger partial charge is 0.396 e. The minimum absolute atomic E-state index is 0.236. The van der Waals surface area contributed by atoms with Gasteiger partial charge in [-0.3, -0.25) is 0 Å². The van der Waals surface area contributed by atoms with Gasteiger partial charge in [0.2, 0.25) is 0 Å². The van der Waals surface area contributed by atoms with E-state index >= 15 is 0 Å². The molecule has 0 unspecified atom stereocenters. The van der Waals surface area contributed by atoms with Crippen LogP contribution in [0, 0.1) is 13.8 Å². The first kappa shape index (κ1) is 27.7. The predicted octanol–water partition coefficient (Wildman–Crippen LogP) is 7.33. The van der Waals surface area contributed by atoms with E-state index in [4.69, 9.17) is 5.73 Å². The number of hydrogen-bond donors (Lipinski definition) is 2. The number of nitrogens with zero attached hydrogens (tertiary/aromatic N) is 3. The van der Waals surface area contributed by atoms with Crippen LogP contribution in [0.4, 0.5) is 30.5 Å². The number of anilines is 3. The normalized spacial score (nSPS) is 12.4. The maximum absolute atomic E-state index is 13.3. The third-order valence-electron chi connectivity index (χ3n) is 5.31. The van der Waals surface area contributed by atoms with Crippen molar-refractivity contribution < 1.29 is 13.2 Å². The molecule has 5 nitrogen and oxygen atoms in total. The Labute approximate surface area is 206 Å². The second-order valence-corrected chi connectivity index (χ2v) is 8.26. The van der Waals surface area contributed by atoms with E-state index in [0.717, 1.165) is 42.7 Å². The number of alkyl halides is 3. The van der Waals surface area contributed by atoms with Crippen LogP contribution in [0.1, 0.15) is 50.1 Å². The van der Waals surface area contributed by atoms with Crippen molar-refractivity contribution >= 4 is 22.9 Å². The van der Waals surface area contributed by atoms with E-state index in [1.165, 1.54) is 13.0 Å². The first-order valence-corrected chi connectivity index (χ1v) is 11.5. The zero-order chi connectivity index (χ0) is 26.2. The SMILES string of the molecule is C=C/C(=C\C(=C/C)C(F)(F)F)c1ccc(N)c(N(CCCCC)C(=C)Nc2cc(C)cc(C)n2)n1. The molecule has 0 bridgehead atoms. The third-order valence-corrected chi connectivity index (χ3v) is 5.31. The van der Waals surface area contributed by atoms with E-state index in [1.54, 1.807) is 12.1 Å². The summed E-state index contributed by atoms with van der Waals surface area (Å²) in [7, 11) is 0. The molecule has 0 saturated carbocycles. The number of hydrogen-bond acceptors (Lipinski definition) is 5. The lowest BCUT2D eigenvalue weighted by atomic mass is 10.1. The average molecular weight is 486 g/mol. The van der Waals surface area contributed by atoms with Crippen molar-refractivity contribution in [3.05, 3.63) is 84.0 Å². The van der Waals surface area contributed by atoms with E-state index in [0.29, 0.717) is 35.4 Å². The molecule has 0 radical (unpaired) electrons. The highest BCUT2D eigenvalue weighted by atomic mass is 19.4. The Morgan fingerprint density at radius 3 is 2.46 bits per heavy atom. The van der Waals surface area contributed by atoms with E-state index in [2.05, 4.69) is 35.4 Å². The largest absolute Gasteiger partial charge is 0.416 e. The predicted molar refractivity (Wildman–Crippen MR) is 140 cm³/mol. The molecule has 0 aromatic carbocycles. The van der Waals surface area contributed by atoms with Crippen LogP contribution >= 0.6 is 0 Å². The molecular weight excluding hydrogens is 451 g/mol. The number of halogens is 3. The van der Waals surface area contributed by atoms with Gasteiger partial charge in [-0.15, -0.1) is 0 Å². The van der Waals surface area contributed by atoms with Crippen LogP contribution in [0.2, 0.25) is 0 Å². The molecule has 8 heteroatoms. The van der Waals surface area contributed by atoms with Crippen molar-refractivity contribution in [2.24, 2.45) is 0 Å². The first-order chi connectivity index (χ1) is 16.5. The fraction of sp³-hybridized carbons (Fsp3) is 0.333. The van der Waals surface area contributed by atoms with E-state index in [9.17, 15) is 13.2 Å². The maximum Gasteiger partial charge on any atom is 0.416 e.